The largest absolute Gasteiger partial charge is 0.482 e. The molecule has 0 saturated heterocycles. The zero-order valence-electron chi connectivity index (χ0n) is 13.0. The van der Waals surface area contributed by atoms with E-state index in [1.54, 1.807) is 6.07 Å². The summed E-state index contributed by atoms with van der Waals surface area (Å²) in [6.45, 7) is 5.72. The molecule has 2 aromatic rings. The van der Waals surface area contributed by atoms with E-state index in [0.29, 0.717) is 10.8 Å². The van der Waals surface area contributed by atoms with Gasteiger partial charge in [0.15, 0.2) is 6.61 Å². The molecule has 0 fully saturated rings. The molecule has 0 aliphatic carbocycles. The van der Waals surface area contributed by atoms with Gasteiger partial charge in [-0.1, -0.05) is 48.0 Å². The lowest BCUT2D eigenvalue weighted by atomic mass is 10.1. The zero-order chi connectivity index (χ0) is 16.2. The first kappa shape index (κ1) is 16.4. The van der Waals surface area contributed by atoms with Crippen LogP contribution in [0.4, 0.5) is 0 Å². The number of benzene rings is 2. The molecule has 0 aliphatic heterocycles. The summed E-state index contributed by atoms with van der Waals surface area (Å²) >= 11 is 6.24. The van der Waals surface area contributed by atoms with Gasteiger partial charge < -0.3 is 10.1 Å². The first-order valence-corrected chi connectivity index (χ1v) is 7.52. The Kier molecular flexibility index (Phi) is 5.09. The fraction of sp³-hybridized carbons (Fsp3) is 0.278. The zero-order valence-corrected chi connectivity index (χ0v) is 13.8. The van der Waals surface area contributed by atoms with Gasteiger partial charge >= 0.3 is 0 Å². The second-order valence-electron chi connectivity index (χ2n) is 6.10. The first-order chi connectivity index (χ1) is 10.3. The predicted octanol–water partition coefficient (Wildman–Crippen LogP) is 4.30. The molecule has 0 spiro atoms. The van der Waals surface area contributed by atoms with Crippen molar-refractivity contribution in [2.45, 2.75) is 26.3 Å². The summed E-state index contributed by atoms with van der Waals surface area (Å²) in [5.41, 5.74) is 1.82. The van der Waals surface area contributed by atoms with E-state index in [-0.39, 0.29) is 18.1 Å². The molecule has 0 aliphatic rings. The maximum Gasteiger partial charge on any atom is 0.258 e. The van der Waals surface area contributed by atoms with Gasteiger partial charge in [0.1, 0.15) is 5.75 Å². The van der Waals surface area contributed by atoms with Crippen LogP contribution in [-0.4, -0.2) is 18.1 Å². The number of ether oxygens (including phenoxy) is 1. The lowest BCUT2D eigenvalue weighted by Gasteiger charge is -2.20. The van der Waals surface area contributed by atoms with E-state index in [9.17, 15) is 4.79 Å². The van der Waals surface area contributed by atoms with Crippen LogP contribution in [0.25, 0.3) is 11.1 Å². The lowest BCUT2D eigenvalue weighted by molar-refractivity contribution is -0.124. The van der Waals surface area contributed by atoms with Crippen molar-refractivity contribution in [1.29, 1.82) is 0 Å². The third-order valence-corrected chi connectivity index (χ3v) is 3.21. The fourth-order valence-corrected chi connectivity index (χ4v) is 2.26. The Labute approximate surface area is 136 Å². The molecule has 0 bridgehead atoms. The average molecular weight is 318 g/mol. The summed E-state index contributed by atoms with van der Waals surface area (Å²) < 4.78 is 5.49. The Morgan fingerprint density at radius 1 is 1.09 bits per heavy atom. The summed E-state index contributed by atoms with van der Waals surface area (Å²) in [5.74, 6) is 0.334. The molecular weight excluding hydrogens is 298 g/mol. The molecule has 0 radical (unpaired) electrons. The molecule has 1 N–H and O–H groups in total. The van der Waals surface area contributed by atoms with Gasteiger partial charge in [0.05, 0.1) is 5.02 Å². The number of carbonyl (C=O) groups excluding carboxylic acids is 1. The highest BCUT2D eigenvalue weighted by molar-refractivity contribution is 6.32. The van der Waals surface area contributed by atoms with Gasteiger partial charge in [-0.2, -0.15) is 0 Å². The Morgan fingerprint density at radius 2 is 1.77 bits per heavy atom. The molecule has 0 aromatic heterocycles. The molecule has 2 rings (SSSR count). The number of nitrogens with one attached hydrogen (secondary N) is 1. The normalized spacial score (nSPS) is 11.1. The van der Waals surface area contributed by atoms with Gasteiger partial charge in [-0.15, -0.1) is 0 Å². The molecule has 0 atom stereocenters. The highest BCUT2D eigenvalue weighted by Crippen LogP contribution is 2.30. The molecule has 0 saturated carbocycles. The Bertz CT molecular complexity index is 648. The topological polar surface area (TPSA) is 38.3 Å². The monoisotopic (exact) mass is 317 g/mol. The molecular formula is C18H20ClNO2. The Balaban J connectivity index is 2.03. The highest BCUT2D eigenvalue weighted by atomic mass is 35.5. The number of amides is 1. The third-order valence-electron chi connectivity index (χ3n) is 2.91. The second kappa shape index (κ2) is 6.84. The van der Waals surface area contributed by atoms with Gasteiger partial charge in [0.2, 0.25) is 0 Å². The first-order valence-electron chi connectivity index (χ1n) is 7.14. The van der Waals surface area contributed by atoms with Crippen molar-refractivity contribution < 1.29 is 9.53 Å². The van der Waals surface area contributed by atoms with E-state index in [2.05, 4.69) is 5.32 Å². The van der Waals surface area contributed by atoms with Gasteiger partial charge in [0.25, 0.3) is 5.91 Å². The number of hydrogen-bond acceptors (Lipinski definition) is 2. The maximum absolute atomic E-state index is 11.8. The van der Waals surface area contributed by atoms with Crippen LogP contribution in [-0.2, 0) is 4.79 Å². The van der Waals surface area contributed by atoms with Crippen molar-refractivity contribution in [3.8, 4) is 16.9 Å². The van der Waals surface area contributed by atoms with E-state index >= 15 is 0 Å². The summed E-state index contributed by atoms with van der Waals surface area (Å²) in [5, 5.41) is 3.33. The standard InChI is InChI=1S/C18H20ClNO2/c1-18(2,3)20-17(21)12-22-16-10-9-14(11-15(16)19)13-7-5-4-6-8-13/h4-11H,12H2,1-3H3,(H,20,21). The van der Waals surface area contributed by atoms with Crippen LogP contribution < -0.4 is 10.1 Å². The van der Waals surface area contributed by atoms with Crippen molar-refractivity contribution in [2.24, 2.45) is 0 Å². The number of hydrogen-bond donors (Lipinski definition) is 1. The predicted molar refractivity (Wildman–Crippen MR) is 90.3 cm³/mol. The van der Waals surface area contributed by atoms with Crippen molar-refractivity contribution in [2.75, 3.05) is 6.61 Å². The van der Waals surface area contributed by atoms with Gasteiger partial charge in [-0.3, -0.25) is 4.79 Å². The van der Waals surface area contributed by atoms with E-state index < -0.39 is 0 Å². The Morgan fingerprint density at radius 3 is 2.36 bits per heavy atom. The van der Waals surface area contributed by atoms with Gasteiger partial charge in [-0.25, -0.2) is 0 Å². The summed E-state index contributed by atoms with van der Waals surface area (Å²) in [4.78, 5) is 11.8. The average Bonchev–Trinajstić information content (AvgIpc) is 2.45. The van der Waals surface area contributed by atoms with Gasteiger partial charge in [-0.05, 0) is 44.0 Å². The summed E-state index contributed by atoms with van der Waals surface area (Å²) in [6, 6.07) is 15.5. The number of rotatable bonds is 4. The number of halogens is 1. The third kappa shape index (κ3) is 4.78. The molecule has 3 nitrogen and oxygen atoms in total. The van der Waals surface area contributed by atoms with Crippen molar-refractivity contribution in [3.05, 3.63) is 53.6 Å². The van der Waals surface area contributed by atoms with Crippen LogP contribution in [0, 0.1) is 0 Å². The molecule has 22 heavy (non-hydrogen) atoms. The molecule has 0 unspecified atom stereocenters. The molecule has 116 valence electrons. The van der Waals surface area contributed by atoms with Crippen LogP contribution in [0.5, 0.6) is 5.75 Å². The van der Waals surface area contributed by atoms with Crippen LogP contribution in [0.3, 0.4) is 0 Å². The maximum atomic E-state index is 11.8. The van der Waals surface area contributed by atoms with Crippen LogP contribution >= 0.6 is 11.6 Å². The SMILES string of the molecule is CC(C)(C)NC(=O)COc1ccc(-c2ccccc2)cc1Cl. The van der Waals surface area contributed by atoms with E-state index in [4.69, 9.17) is 16.3 Å². The van der Waals surface area contributed by atoms with E-state index in [0.717, 1.165) is 11.1 Å². The van der Waals surface area contributed by atoms with Crippen molar-refractivity contribution in [3.63, 3.8) is 0 Å². The quantitative estimate of drug-likeness (QED) is 0.913. The highest BCUT2D eigenvalue weighted by Gasteiger charge is 2.14. The molecule has 2 aromatic carbocycles. The number of carbonyl (C=O) groups is 1. The fourth-order valence-electron chi connectivity index (χ4n) is 2.03. The van der Waals surface area contributed by atoms with Crippen LogP contribution in [0.2, 0.25) is 5.02 Å². The van der Waals surface area contributed by atoms with Crippen LogP contribution in [0.15, 0.2) is 48.5 Å². The minimum Gasteiger partial charge on any atom is -0.482 e. The minimum atomic E-state index is -0.276. The lowest BCUT2D eigenvalue weighted by Crippen LogP contribution is -2.43. The molecule has 1 amide bonds. The van der Waals surface area contributed by atoms with Crippen LogP contribution in [0.1, 0.15) is 20.8 Å². The molecule has 4 heteroatoms. The van der Waals surface area contributed by atoms with Crippen molar-refractivity contribution >= 4 is 17.5 Å². The Hall–Kier alpha value is -2.00. The summed E-state index contributed by atoms with van der Waals surface area (Å²) in [7, 11) is 0. The minimum absolute atomic E-state index is 0.0539. The van der Waals surface area contributed by atoms with E-state index in [1.807, 2.05) is 63.2 Å². The van der Waals surface area contributed by atoms with Crippen molar-refractivity contribution in [1.82, 2.24) is 5.32 Å². The second-order valence-corrected chi connectivity index (χ2v) is 6.51. The van der Waals surface area contributed by atoms with Gasteiger partial charge in [0, 0.05) is 5.54 Å². The van der Waals surface area contributed by atoms with E-state index in [1.165, 1.54) is 0 Å². The summed E-state index contributed by atoms with van der Waals surface area (Å²) in [6.07, 6.45) is 0. The molecule has 0 heterocycles. The smallest absolute Gasteiger partial charge is 0.258 e.